The molecule has 2 rings (SSSR count). The van der Waals surface area contributed by atoms with Crippen molar-refractivity contribution in [1.29, 1.82) is 0 Å². The van der Waals surface area contributed by atoms with Crippen LogP contribution in [0.1, 0.15) is 5.56 Å². The summed E-state index contributed by atoms with van der Waals surface area (Å²) < 4.78 is 12.3. The van der Waals surface area contributed by atoms with Crippen molar-refractivity contribution in [2.24, 2.45) is 0 Å². The molecule has 1 nitrogen and oxygen atoms in total. The van der Waals surface area contributed by atoms with Gasteiger partial charge >= 0.3 is 0 Å². The summed E-state index contributed by atoms with van der Waals surface area (Å²) in [5.41, 5.74) is 0.873. The number of halogens is 2. The van der Waals surface area contributed by atoms with Crippen LogP contribution in [0.25, 0.3) is 5.03 Å². The zero-order valence-electron chi connectivity index (χ0n) is 5.88. The zero-order chi connectivity index (χ0) is 8.72. The number of hydrogen-bond donors (Lipinski definition) is 0. The molecule has 0 aliphatic carbocycles. The highest BCUT2D eigenvalue weighted by molar-refractivity contribution is 9.10. The van der Waals surface area contributed by atoms with Crippen molar-refractivity contribution in [1.82, 2.24) is 0 Å². The summed E-state index contributed by atoms with van der Waals surface area (Å²) in [6.07, 6.45) is 0. The van der Waals surface area contributed by atoms with Crippen molar-refractivity contribution in [3.63, 3.8) is 0 Å². The number of hydrogen-bond acceptors (Lipinski definition) is 1. The molecule has 1 aliphatic rings. The van der Waals surface area contributed by atoms with Crippen molar-refractivity contribution in [3.8, 4) is 0 Å². The molecular formula is C8H4BrClOS. The maximum Gasteiger partial charge on any atom is 0.0798 e. The highest BCUT2D eigenvalue weighted by Crippen LogP contribution is 2.34. The van der Waals surface area contributed by atoms with E-state index in [0.717, 1.165) is 14.9 Å². The van der Waals surface area contributed by atoms with Crippen LogP contribution in [0, 0.1) is 0 Å². The Balaban J connectivity index is 2.68. The van der Waals surface area contributed by atoms with Crippen LogP contribution in [0.5, 0.6) is 0 Å². The lowest BCUT2D eigenvalue weighted by atomic mass is 10.2. The zero-order valence-corrected chi connectivity index (χ0v) is 9.04. The van der Waals surface area contributed by atoms with E-state index in [0.29, 0.717) is 5.03 Å². The molecule has 0 radical (unpaired) electrons. The van der Waals surface area contributed by atoms with Crippen LogP contribution in [0.2, 0.25) is 0 Å². The lowest BCUT2D eigenvalue weighted by Crippen LogP contribution is -1.83. The van der Waals surface area contributed by atoms with E-state index < -0.39 is 10.8 Å². The van der Waals surface area contributed by atoms with Crippen LogP contribution in [0.4, 0.5) is 0 Å². The van der Waals surface area contributed by atoms with Gasteiger partial charge in [-0.05, 0) is 12.1 Å². The summed E-state index contributed by atoms with van der Waals surface area (Å²) in [7, 11) is -1.06. The second kappa shape index (κ2) is 2.98. The summed E-state index contributed by atoms with van der Waals surface area (Å²) in [6.45, 7) is 0. The molecular weight excluding hydrogens is 260 g/mol. The molecule has 1 unspecified atom stereocenters. The van der Waals surface area contributed by atoms with Gasteiger partial charge in [0.15, 0.2) is 0 Å². The second-order valence-electron chi connectivity index (χ2n) is 2.40. The molecule has 0 amide bonds. The Morgan fingerprint density at radius 3 is 2.92 bits per heavy atom. The quantitative estimate of drug-likeness (QED) is 0.703. The third-order valence-corrected chi connectivity index (χ3v) is 3.78. The number of fused-ring (bicyclic) bond motifs is 1. The van der Waals surface area contributed by atoms with Crippen LogP contribution >= 0.6 is 27.5 Å². The van der Waals surface area contributed by atoms with E-state index in [-0.39, 0.29) is 0 Å². The largest absolute Gasteiger partial charge is 0.250 e. The first-order valence-electron chi connectivity index (χ1n) is 3.26. The fourth-order valence-corrected chi connectivity index (χ4v) is 3.14. The minimum absolute atomic E-state index is 0.579. The average Bonchev–Trinajstić information content (AvgIpc) is 2.28. The van der Waals surface area contributed by atoms with Gasteiger partial charge in [-0.1, -0.05) is 33.6 Å². The average molecular weight is 264 g/mol. The van der Waals surface area contributed by atoms with E-state index in [9.17, 15) is 4.21 Å². The summed E-state index contributed by atoms with van der Waals surface area (Å²) in [5.74, 6) is 0. The van der Waals surface area contributed by atoms with Crippen LogP contribution in [-0.4, -0.2) is 4.21 Å². The lowest BCUT2D eigenvalue weighted by Gasteiger charge is -1.98. The Labute approximate surface area is 86.0 Å². The van der Waals surface area contributed by atoms with Gasteiger partial charge in [0.05, 0.1) is 20.7 Å². The van der Waals surface area contributed by atoms with Crippen LogP contribution < -0.4 is 0 Å². The predicted octanol–water partition coefficient (Wildman–Crippen LogP) is 3.11. The minimum atomic E-state index is -1.06. The van der Waals surface area contributed by atoms with E-state index >= 15 is 0 Å². The number of rotatable bonds is 0. The fraction of sp³-hybridized carbons (Fsp3) is 0. The molecule has 0 saturated heterocycles. The Morgan fingerprint density at radius 2 is 2.17 bits per heavy atom. The summed E-state index contributed by atoms with van der Waals surface area (Å²) >= 11 is 9.15. The van der Waals surface area contributed by atoms with Gasteiger partial charge in [-0.3, -0.25) is 0 Å². The van der Waals surface area contributed by atoms with Crippen molar-refractivity contribution in [2.75, 3.05) is 0 Å². The Kier molecular flexibility index (Phi) is 2.10. The Hall–Kier alpha value is -0.120. The first-order chi connectivity index (χ1) is 5.68. The summed E-state index contributed by atoms with van der Waals surface area (Å²) in [6, 6.07) is 5.58. The molecule has 12 heavy (non-hydrogen) atoms. The molecule has 1 heterocycles. The van der Waals surface area contributed by atoms with Gasteiger partial charge in [-0.2, -0.15) is 0 Å². The van der Waals surface area contributed by atoms with Crippen molar-refractivity contribution in [2.45, 2.75) is 4.90 Å². The van der Waals surface area contributed by atoms with Gasteiger partial charge in [0.25, 0.3) is 0 Å². The SMILES string of the molecule is O=S1C=C(Cl)c2ccc(Br)cc21. The molecule has 1 atom stereocenters. The first-order valence-corrected chi connectivity index (χ1v) is 5.65. The summed E-state index contributed by atoms with van der Waals surface area (Å²) in [5, 5.41) is 2.13. The highest BCUT2D eigenvalue weighted by atomic mass is 79.9. The van der Waals surface area contributed by atoms with Crippen molar-refractivity contribution < 1.29 is 4.21 Å². The maximum absolute atomic E-state index is 11.4. The van der Waals surface area contributed by atoms with Gasteiger partial charge in [0, 0.05) is 15.4 Å². The lowest BCUT2D eigenvalue weighted by molar-refractivity contribution is 0.689. The first kappa shape index (κ1) is 8.48. The van der Waals surface area contributed by atoms with Crippen molar-refractivity contribution in [3.05, 3.63) is 33.6 Å². The smallest absolute Gasteiger partial charge is 0.0798 e. The molecule has 0 fully saturated rings. The van der Waals surface area contributed by atoms with Gasteiger partial charge in [-0.25, -0.2) is 4.21 Å². The molecule has 0 spiro atoms. The monoisotopic (exact) mass is 262 g/mol. The molecule has 0 aromatic heterocycles. The van der Waals surface area contributed by atoms with Gasteiger partial charge in [0.2, 0.25) is 0 Å². The molecule has 0 saturated carbocycles. The fourth-order valence-electron chi connectivity index (χ4n) is 1.08. The molecule has 4 heteroatoms. The van der Waals surface area contributed by atoms with Crippen LogP contribution in [-0.2, 0) is 10.8 Å². The normalized spacial score (nSPS) is 20.5. The molecule has 62 valence electrons. The Morgan fingerprint density at radius 1 is 1.42 bits per heavy atom. The third-order valence-electron chi connectivity index (χ3n) is 1.63. The highest BCUT2D eigenvalue weighted by Gasteiger charge is 2.18. The van der Waals surface area contributed by atoms with Crippen LogP contribution in [0.3, 0.4) is 0 Å². The summed E-state index contributed by atoms with van der Waals surface area (Å²) in [4.78, 5) is 0.786. The van der Waals surface area contributed by atoms with E-state index in [2.05, 4.69) is 15.9 Å². The standard InChI is InChI=1S/C8H4BrClOS/c9-5-1-2-6-7(10)4-12(11)8(6)3-5/h1-4H. The number of benzene rings is 1. The van der Waals surface area contributed by atoms with Gasteiger partial charge in [0.1, 0.15) is 0 Å². The van der Waals surface area contributed by atoms with E-state index in [1.165, 1.54) is 0 Å². The maximum atomic E-state index is 11.4. The van der Waals surface area contributed by atoms with Gasteiger partial charge in [-0.15, -0.1) is 0 Å². The van der Waals surface area contributed by atoms with Crippen molar-refractivity contribution >= 4 is 43.4 Å². The predicted molar refractivity (Wildman–Crippen MR) is 54.4 cm³/mol. The van der Waals surface area contributed by atoms with E-state index in [1.54, 1.807) is 5.41 Å². The van der Waals surface area contributed by atoms with E-state index in [1.807, 2.05) is 18.2 Å². The van der Waals surface area contributed by atoms with Gasteiger partial charge < -0.3 is 0 Å². The molecule has 0 N–H and O–H groups in total. The van der Waals surface area contributed by atoms with Crippen LogP contribution in [0.15, 0.2) is 33.0 Å². The van der Waals surface area contributed by atoms with E-state index in [4.69, 9.17) is 11.6 Å². The second-order valence-corrected chi connectivity index (χ2v) is 5.00. The molecule has 1 aliphatic heterocycles. The minimum Gasteiger partial charge on any atom is -0.250 e. The molecule has 1 aromatic carbocycles. The molecule has 0 bridgehead atoms. The molecule has 1 aromatic rings. The topological polar surface area (TPSA) is 17.1 Å². The Bertz CT molecular complexity index is 400. The third kappa shape index (κ3) is 1.26.